The van der Waals surface area contributed by atoms with Gasteiger partial charge in [0.05, 0.1) is 11.7 Å². The number of carboxylic acids is 1. The molecule has 1 heterocycles. The third kappa shape index (κ3) is 5.57. The van der Waals surface area contributed by atoms with Crippen LogP contribution in [0.3, 0.4) is 0 Å². The fraction of sp³-hybridized carbons (Fsp3) is 0.300. The Balaban J connectivity index is 0.00000280. The zero-order valence-corrected chi connectivity index (χ0v) is 19.1. The number of hydrogen-bond acceptors (Lipinski definition) is 6. The van der Waals surface area contributed by atoms with E-state index in [1.807, 2.05) is 0 Å². The first-order valence-corrected chi connectivity index (χ1v) is 8.50. The maximum Gasteiger partial charge on any atom is 0.335 e. The van der Waals surface area contributed by atoms with E-state index in [0.717, 1.165) is 5.56 Å². The smallest absolute Gasteiger partial charge is 0.335 e. The zero-order valence-electron chi connectivity index (χ0n) is 14.9. The van der Waals surface area contributed by atoms with E-state index >= 15 is 0 Å². The summed E-state index contributed by atoms with van der Waals surface area (Å²) in [6, 6.07) is 13.3. The van der Waals surface area contributed by atoms with Crippen molar-refractivity contribution in [2.45, 2.75) is 31.0 Å². The van der Waals surface area contributed by atoms with Crippen LogP contribution in [0.5, 0.6) is 5.75 Å². The van der Waals surface area contributed by atoms with E-state index in [4.69, 9.17) is 14.6 Å². The van der Waals surface area contributed by atoms with E-state index in [9.17, 15) is 20.1 Å². The summed E-state index contributed by atoms with van der Waals surface area (Å²) in [5.74, 6) is -0.427. The van der Waals surface area contributed by atoms with Gasteiger partial charge in [-0.2, -0.15) is 0 Å². The monoisotopic (exact) mass is 611 g/mol. The second-order valence-electron chi connectivity index (χ2n) is 6.31. The molecule has 0 spiro atoms. The molecule has 4 N–H and O–H groups in total. The third-order valence-corrected chi connectivity index (χ3v) is 4.36. The predicted octanol–water partition coefficient (Wildman–Crippen LogP) is 1.32. The molecule has 0 aromatic heterocycles. The number of hydrogen-bond donors (Lipinski definition) is 4. The zero-order chi connectivity index (χ0) is 19.4. The van der Waals surface area contributed by atoms with Crippen molar-refractivity contribution in [2.75, 3.05) is 6.61 Å². The van der Waals surface area contributed by atoms with Crippen LogP contribution < -0.4 is 4.74 Å². The Kier molecular flexibility index (Phi) is 8.50. The molecule has 4 atom stereocenters. The number of rotatable bonds is 6. The van der Waals surface area contributed by atoms with Gasteiger partial charge < -0.3 is 29.9 Å². The van der Waals surface area contributed by atoms with Gasteiger partial charge in [-0.1, -0.05) is 24.3 Å². The van der Waals surface area contributed by atoms with Crippen LogP contribution in [-0.2, 0) is 11.3 Å². The number of benzene rings is 2. The van der Waals surface area contributed by atoms with Gasteiger partial charge in [-0.25, -0.2) is 4.79 Å². The first-order chi connectivity index (χ1) is 13.0. The molecule has 1 aliphatic rings. The summed E-state index contributed by atoms with van der Waals surface area (Å²) in [5, 5.41) is 38.3. The normalized spacial score (nSPS) is 24.2. The van der Waals surface area contributed by atoms with Crippen LogP contribution in [0.4, 0.5) is 0 Å². The van der Waals surface area contributed by atoms with Crippen molar-refractivity contribution in [1.29, 1.82) is 0 Å². The number of aliphatic hydroxyl groups excluding tert-OH is 3. The summed E-state index contributed by atoms with van der Waals surface area (Å²) in [7, 11) is 0. The van der Waals surface area contributed by atoms with Gasteiger partial charge in [0.1, 0.15) is 18.5 Å². The van der Waals surface area contributed by atoms with Crippen LogP contribution in [0.25, 0.3) is 0 Å². The van der Waals surface area contributed by atoms with Gasteiger partial charge in [0.2, 0.25) is 0 Å². The maximum absolute atomic E-state index is 11.0. The van der Waals surface area contributed by atoms with E-state index in [1.165, 1.54) is 12.5 Å². The Hall–Kier alpha value is -1.40. The molecule has 0 bridgehead atoms. The molecule has 0 aliphatic carbocycles. The minimum Gasteiger partial charge on any atom is -0.489 e. The van der Waals surface area contributed by atoms with E-state index in [-0.39, 0.29) is 49.9 Å². The number of aromatic carboxylic acids is 1. The number of ether oxygens (including phenoxy) is 2. The van der Waals surface area contributed by atoms with E-state index in [2.05, 4.69) is 0 Å². The van der Waals surface area contributed by atoms with Crippen molar-refractivity contribution in [3.05, 3.63) is 71.6 Å². The Labute approximate surface area is 186 Å². The fourth-order valence-electron chi connectivity index (χ4n) is 2.92. The second kappa shape index (κ2) is 10.4. The van der Waals surface area contributed by atoms with Crippen molar-refractivity contribution in [1.82, 2.24) is 0 Å². The molecule has 148 valence electrons. The Morgan fingerprint density at radius 3 is 2.50 bits per heavy atom. The molecule has 8 heteroatoms. The van der Waals surface area contributed by atoms with Crippen LogP contribution in [0.15, 0.2) is 48.5 Å². The molecule has 28 heavy (non-hydrogen) atoms. The average molecular weight is 611 g/mol. The molecule has 1 aliphatic heterocycles. The number of carboxylic acid groups (broad SMARTS) is 1. The molecule has 3 rings (SSSR count). The van der Waals surface area contributed by atoms with E-state index in [1.54, 1.807) is 42.5 Å². The largest absolute Gasteiger partial charge is 0.489 e. The fourth-order valence-corrected chi connectivity index (χ4v) is 2.92. The summed E-state index contributed by atoms with van der Waals surface area (Å²) in [6.45, 7) is -0.0693. The molecule has 3 unspecified atom stereocenters. The second-order valence-corrected chi connectivity index (χ2v) is 6.31. The van der Waals surface area contributed by atoms with Gasteiger partial charge in [0.15, 0.2) is 0 Å². The minimum absolute atomic E-state index is 0. The van der Waals surface area contributed by atoms with Crippen molar-refractivity contribution >= 4 is 5.97 Å². The molecule has 1 fully saturated rings. The van der Waals surface area contributed by atoms with Crippen molar-refractivity contribution in [3.63, 3.8) is 0 Å². The summed E-state index contributed by atoms with van der Waals surface area (Å²) in [4.78, 5) is 11.0. The average Bonchev–Trinajstić information content (AvgIpc) is 2.69. The van der Waals surface area contributed by atoms with Crippen LogP contribution in [0.2, 0.25) is 0 Å². The number of carbonyl (C=O) groups is 1. The van der Waals surface area contributed by atoms with Gasteiger partial charge in [-0.3, -0.25) is 6.42 Å². The first kappa shape index (κ1) is 22.9. The van der Waals surface area contributed by atoms with Gasteiger partial charge >= 0.3 is 5.97 Å². The Morgan fingerprint density at radius 1 is 1.14 bits per heavy atom. The van der Waals surface area contributed by atoms with Crippen molar-refractivity contribution in [2.24, 2.45) is 0 Å². The van der Waals surface area contributed by atoms with Crippen LogP contribution in [0.1, 0.15) is 27.6 Å². The summed E-state index contributed by atoms with van der Waals surface area (Å²) < 4.78 is 11.3. The molecule has 0 amide bonds. The molecule has 1 saturated heterocycles. The quantitative estimate of drug-likeness (QED) is 0.365. The summed E-state index contributed by atoms with van der Waals surface area (Å²) in [5.41, 5.74) is 1.58. The predicted molar refractivity (Wildman–Crippen MR) is 95.2 cm³/mol. The maximum atomic E-state index is 11.0. The number of aliphatic hydroxyl groups is 3. The minimum atomic E-state index is -1.13. The van der Waals surface area contributed by atoms with Gasteiger partial charge in [0, 0.05) is 37.7 Å². The van der Waals surface area contributed by atoms with E-state index < -0.39 is 30.4 Å². The molecule has 0 saturated carbocycles. The molecule has 2 aromatic rings. The molecule has 7 nitrogen and oxygen atoms in total. The molecular weight excluding hydrogens is 590 g/mol. The molecular formula is C20H21O7U-. The standard InChI is InChI=1S/C20H21O7.U/c21-10-16-9-17(22)18(23)19(27-16)13-4-6-15(7-5-13)26-11-12-2-1-3-14(8-12)20(24)25;/h1-9,16-19,21-23H,10-11H2,(H,24,25);/q-1;/t16?,17?,18?,19-;/m1./s1. The molecule has 0 radical (unpaired) electrons. The first-order valence-electron chi connectivity index (χ1n) is 8.50. The van der Waals surface area contributed by atoms with Crippen LogP contribution in [0, 0.1) is 37.5 Å². The van der Waals surface area contributed by atoms with Gasteiger partial charge in [0.25, 0.3) is 0 Å². The Morgan fingerprint density at radius 2 is 1.86 bits per heavy atom. The van der Waals surface area contributed by atoms with Crippen molar-refractivity contribution in [3.8, 4) is 5.75 Å². The topological polar surface area (TPSA) is 116 Å². The molecule has 2 aromatic carbocycles. The Bertz CT molecular complexity index is 780. The summed E-state index contributed by atoms with van der Waals surface area (Å²) in [6.07, 6.45) is -2.25. The van der Waals surface area contributed by atoms with Crippen LogP contribution >= 0.6 is 0 Å². The van der Waals surface area contributed by atoms with Gasteiger partial charge in [-0.05, 0) is 47.6 Å². The van der Waals surface area contributed by atoms with Crippen molar-refractivity contribution < 1.29 is 65.8 Å². The third-order valence-electron chi connectivity index (χ3n) is 4.36. The van der Waals surface area contributed by atoms with Gasteiger partial charge in [-0.15, -0.1) is 0 Å². The van der Waals surface area contributed by atoms with E-state index in [0.29, 0.717) is 11.3 Å². The van der Waals surface area contributed by atoms with Crippen LogP contribution in [-0.4, -0.2) is 51.3 Å². The summed E-state index contributed by atoms with van der Waals surface area (Å²) >= 11 is 0. The SMILES string of the molecule is O=C(O)c1cccc(COc2ccc([C@H]3OC(CO)[CH-]C(O)C3O)cc2)c1.[U].